The van der Waals surface area contributed by atoms with Crippen molar-refractivity contribution >= 4 is 5.97 Å². The molecule has 18 heavy (non-hydrogen) atoms. The van der Waals surface area contributed by atoms with Crippen molar-refractivity contribution in [1.29, 1.82) is 0 Å². The van der Waals surface area contributed by atoms with E-state index in [1.165, 1.54) is 19.2 Å². The van der Waals surface area contributed by atoms with Crippen molar-refractivity contribution in [3.05, 3.63) is 35.6 Å². The molecule has 1 aromatic rings. The van der Waals surface area contributed by atoms with E-state index >= 15 is 0 Å². The summed E-state index contributed by atoms with van der Waals surface area (Å²) in [6.07, 6.45) is 2.16. The lowest BCUT2D eigenvalue weighted by atomic mass is 10.0. The van der Waals surface area contributed by atoms with Crippen molar-refractivity contribution in [2.45, 2.75) is 31.8 Å². The van der Waals surface area contributed by atoms with Crippen LogP contribution >= 0.6 is 0 Å². The Morgan fingerprint density at radius 2 is 2.11 bits per heavy atom. The summed E-state index contributed by atoms with van der Waals surface area (Å²) in [5.74, 6) is -0.577. The number of benzene rings is 1. The van der Waals surface area contributed by atoms with Crippen LogP contribution in [-0.2, 0) is 9.53 Å². The first kappa shape index (κ1) is 13.0. The third-order valence-corrected chi connectivity index (χ3v) is 3.55. The van der Waals surface area contributed by atoms with Crippen LogP contribution in [0.4, 0.5) is 4.39 Å². The number of carbonyl (C=O) groups excluding carboxylic acids is 1. The van der Waals surface area contributed by atoms with Crippen LogP contribution in [0, 0.1) is 5.82 Å². The highest BCUT2D eigenvalue weighted by Gasteiger charge is 2.34. The summed E-state index contributed by atoms with van der Waals surface area (Å²) in [4.78, 5) is 14.1. The van der Waals surface area contributed by atoms with E-state index in [-0.39, 0.29) is 11.8 Å². The first-order valence-corrected chi connectivity index (χ1v) is 6.22. The predicted octanol–water partition coefficient (Wildman–Crippen LogP) is 2.52. The number of rotatable bonds is 3. The Balaban J connectivity index is 2.30. The lowest BCUT2D eigenvalue weighted by molar-refractivity contribution is -0.147. The Bertz CT molecular complexity index is 418. The normalized spacial score (nSPS) is 21.8. The maximum absolute atomic E-state index is 13.0. The Morgan fingerprint density at radius 1 is 1.44 bits per heavy atom. The first-order valence-electron chi connectivity index (χ1n) is 6.22. The second-order valence-electron chi connectivity index (χ2n) is 4.71. The summed E-state index contributed by atoms with van der Waals surface area (Å²) in [7, 11) is 1.39. The molecule has 1 aliphatic rings. The van der Waals surface area contributed by atoms with E-state index in [9.17, 15) is 9.18 Å². The molecule has 1 saturated heterocycles. The van der Waals surface area contributed by atoms with E-state index in [1.807, 2.05) is 0 Å². The average Bonchev–Trinajstić information content (AvgIpc) is 2.78. The molecule has 1 aromatic carbocycles. The van der Waals surface area contributed by atoms with E-state index in [4.69, 9.17) is 4.74 Å². The zero-order valence-electron chi connectivity index (χ0n) is 10.7. The number of esters is 1. The van der Waals surface area contributed by atoms with Crippen LogP contribution in [-0.4, -0.2) is 30.6 Å². The number of likely N-dealkylation sites (tertiary alicyclic amines) is 1. The largest absolute Gasteiger partial charge is 0.468 e. The highest BCUT2D eigenvalue weighted by Crippen LogP contribution is 2.30. The van der Waals surface area contributed by atoms with Crippen molar-refractivity contribution in [3.63, 3.8) is 0 Å². The molecule has 0 unspecified atom stereocenters. The summed E-state index contributed by atoms with van der Waals surface area (Å²) in [6.45, 7) is 2.98. The number of ether oxygens (including phenoxy) is 1. The summed E-state index contributed by atoms with van der Waals surface area (Å²) in [5.41, 5.74) is 0.789. The molecule has 0 N–H and O–H groups in total. The molecule has 0 amide bonds. The van der Waals surface area contributed by atoms with Gasteiger partial charge in [-0.05, 0) is 44.0 Å². The van der Waals surface area contributed by atoms with Gasteiger partial charge in [0.1, 0.15) is 11.9 Å². The Hall–Kier alpha value is -1.42. The zero-order valence-corrected chi connectivity index (χ0v) is 10.7. The van der Waals surface area contributed by atoms with Crippen molar-refractivity contribution in [1.82, 2.24) is 4.90 Å². The molecule has 0 aliphatic carbocycles. The molecule has 4 heteroatoms. The molecule has 1 fully saturated rings. The summed E-state index contributed by atoms with van der Waals surface area (Å²) in [6, 6.07) is 5.99. The molecule has 1 aliphatic heterocycles. The van der Waals surface area contributed by atoms with Crippen LogP contribution in [0.25, 0.3) is 0 Å². The van der Waals surface area contributed by atoms with Gasteiger partial charge in [-0.25, -0.2) is 9.18 Å². The molecule has 0 spiro atoms. The zero-order chi connectivity index (χ0) is 13.1. The third kappa shape index (κ3) is 2.53. The Morgan fingerprint density at radius 3 is 2.61 bits per heavy atom. The number of nitrogens with zero attached hydrogens (tertiary/aromatic N) is 1. The van der Waals surface area contributed by atoms with Crippen molar-refractivity contribution < 1.29 is 13.9 Å². The molecule has 1 heterocycles. The lowest BCUT2D eigenvalue weighted by Crippen LogP contribution is -2.37. The van der Waals surface area contributed by atoms with E-state index in [2.05, 4.69) is 11.8 Å². The fourth-order valence-corrected chi connectivity index (χ4v) is 2.56. The smallest absolute Gasteiger partial charge is 0.327 e. The molecule has 0 bridgehead atoms. The predicted molar refractivity (Wildman–Crippen MR) is 66.6 cm³/mol. The van der Waals surface area contributed by atoms with Gasteiger partial charge in [0.25, 0.3) is 0 Å². The van der Waals surface area contributed by atoms with Gasteiger partial charge in [0.2, 0.25) is 0 Å². The Labute approximate surface area is 107 Å². The fraction of sp³-hybridized carbons (Fsp3) is 0.500. The third-order valence-electron chi connectivity index (χ3n) is 3.55. The van der Waals surface area contributed by atoms with Gasteiger partial charge in [0.05, 0.1) is 7.11 Å². The average molecular weight is 251 g/mol. The van der Waals surface area contributed by atoms with E-state index < -0.39 is 6.04 Å². The molecule has 3 nitrogen and oxygen atoms in total. The van der Waals surface area contributed by atoms with Gasteiger partial charge in [0.15, 0.2) is 0 Å². The summed E-state index contributed by atoms with van der Waals surface area (Å²) < 4.78 is 17.8. The minimum Gasteiger partial charge on any atom is -0.468 e. The minimum atomic E-state index is -0.423. The van der Waals surface area contributed by atoms with Gasteiger partial charge < -0.3 is 4.74 Å². The van der Waals surface area contributed by atoms with E-state index in [0.29, 0.717) is 6.04 Å². The SMILES string of the molecule is COC(=O)[C@@H](c1ccc(F)cc1)N1CCC[C@H]1C. The fourth-order valence-electron chi connectivity index (χ4n) is 2.56. The molecule has 2 rings (SSSR count). The molecule has 0 saturated carbocycles. The van der Waals surface area contributed by atoms with Crippen molar-refractivity contribution in [2.75, 3.05) is 13.7 Å². The quantitative estimate of drug-likeness (QED) is 0.773. The Kier molecular flexibility index (Phi) is 3.97. The van der Waals surface area contributed by atoms with Crippen LogP contribution < -0.4 is 0 Å². The lowest BCUT2D eigenvalue weighted by Gasteiger charge is -2.29. The monoisotopic (exact) mass is 251 g/mol. The minimum absolute atomic E-state index is 0.282. The van der Waals surface area contributed by atoms with Gasteiger partial charge >= 0.3 is 5.97 Å². The van der Waals surface area contributed by atoms with Gasteiger partial charge in [-0.15, -0.1) is 0 Å². The van der Waals surface area contributed by atoms with Crippen LogP contribution in [0.1, 0.15) is 31.4 Å². The standard InChI is InChI=1S/C14H18FNO2/c1-10-4-3-9-16(10)13(14(17)18-2)11-5-7-12(15)8-6-11/h5-8,10,13H,3-4,9H2,1-2H3/t10-,13-/m1/s1. The summed E-state index contributed by atoms with van der Waals surface area (Å²) >= 11 is 0. The number of methoxy groups -OCH3 is 1. The van der Waals surface area contributed by atoms with Crippen molar-refractivity contribution in [3.8, 4) is 0 Å². The van der Waals surface area contributed by atoms with E-state index in [1.54, 1.807) is 12.1 Å². The van der Waals surface area contributed by atoms with Gasteiger partial charge in [0, 0.05) is 6.04 Å². The van der Waals surface area contributed by atoms with Crippen LogP contribution in [0.15, 0.2) is 24.3 Å². The molecule has 0 aromatic heterocycles. The van der Waals surface area contributed by atoms with Gasteiger partial charge in [-0.3, -0.25) is 4.90 Å². The van der Waals surface area contributed by atoms with Gasteiger partial charge in [-0.2, -0.15) is 0 Å². The maximum atomic E-state index is 13.0. The second kappa shape index (κ2) is 5.48. The van der Waals surface area contributed by atoms with E-state index in [0.717, 1.165) is 24.9 Å². The topological polar surface area (TPSA) is 29.5 Å². The van der Waals surface area contributed by atoms with Crippen LogP contribution in [0.5, 0.6) is 0 Å². The maximum Gasteiger partial charge on any atom is 0.327 e. The molecule has 0 radical (unpaired) electrons. The highest BCUT2D eigenvalue weighted by atomic mass is 19.1. The van der Waals surface area contributed by atoms with Crippen LogP contribution in [0.2, 0.25) is 0 Å². The molecular formula is C14H18FNO2. The molecular weight excluding hydrogens is 233 g/mol. The highest BCUT2D eigenvalue weighted by molar-refractivity contribution is 5.77. The summed E-state index contributed by atoms with van der Waals surface area (Å²) in [5, 5.41) is 0. The second-order valence-corrected chi connectivity index (χ2v) is 4.71. The van der Waals surface area contributed by atoms with Crippen LogP contribution in [0.3, 0.4) is 0 Å². The number of hydrogen-bond acceptors (Lipinski definition) is 3. The first-order chi connectivity index (χ1) is 8.63. The van der Waals surface area contributed by atoms with Crippen molar-refractivity contribution in [2.24, 2.45) is 0 Å². The number of carbonyl (C=O) groups is 1. The number of halogens is 1. The van der Waals surface area contributed by atoms with Gasteiger partial charge in [-0.1, -0.05) is 12.1 Å². The molecule has 98 valence electrons. The number of hydrogen-bond donors (Lipinski definition) is 0. The molecule has 2 atom stereocenters.